The van der Waals surface area contributed by atoms with Crippen LogP contribution in [0.4, 0.5) is 0 Å². The van der Waals surface area contributed by atoms with Gasteiger partial charge in [-0.2, -0.15) is 0 Å². The SMILES string of the molecule is COc1cc2c(=N)n(-c3ncc(C(=O)[O-])[nH]3)cnc2cc1OCCCN1CCOCC1. The van der Waals surface area contributed by atoms with Crippen molar-refractivity contribution < 1.29 is 24.1 Å². The van der Waals surface area contributed by atoms with Crippen molar-refractivity contribution in [2.45, 2.75) is 6.42 Å². The zero-order valence-corrected chi connectivity index (χ0v) is 17.1. The van der Waals surface area contributed by atoms with Crippen LogP contribution in [0, 0.1) is 5.41 Å². The maximum atomic E-state index is 11.0. The number of carboxylic acids is 1. The van der Waals surface area contributed by atoms with Gasteiger partial charge in [0.1, 0.15) is 11.8 Å². The van der Waals surface area contributed by atoms with Gasteiger partial charge in [0.15, 0.2) is 11.5 Å². The Kier molecular flexibility index (Phi) is 6.14. The molecular formula is C20H23N6O5-. The molecule has 4 rings (SSSR count). The number of carboxylic acid groups (broad SMARTS) is 1. The number of nitrogens with zero attached hydrogens (tertiary/aromatic N) is 4. The second-order valence-corrected chi connectivity index (χ2v) is 7.05. The van der Waals surface area contributed by atoms with E-state index in [0.29, 0.717) is 29.0 Å². The molecule has 164 valence electrons. The maximum absolute atomic E-state index is 11.0. The predicted octanol–water partition coefficient (Wildman–Crippen LogP) is -0.299. The number of ether oxygens (including phenoxy) is 3. The Bertz CT molecular complexity index is 1130. The number of hydrogen-bond acceptors (Lipinski definition) is 9. The summed E-state index contributed by atoms with van der Waals surface area (Å²) in [6, 6.07) is 3.42. The zero-order valence-electron chi connectivity index (χ0n) is 17.1. The second kappa shape index (κ2) is 9.14. The topological polar surface area (TPSA) is 141 Å². The summed E-state index contributed by atoms with van der Waals surface area (Å²) in [5.41, 5.74) is 0.443. The number of morpholine rings is 1. The lowest BCUT2D eigenvalue weighted by atomic mass is 10.2. The molecule has 3 heterocycles. The van der Waals surface area contributed by atoms with E-state index in [2.05, 4.69) is 19.9 Å². The quantitative estimate of drug-likeness (QED) is 0.467. The van der Waals surface area contributed by atoms with Gasteiger partial charge in [-0.1, -0.05) is 0 Å². The molecule has 0 bridgehead atoms. The van der Waals surface area contributed by atoms with E-state index in [0.717, 1.165) is 45.5 Å². The van der Waals surface area contributed by atoms with Crippen LogP contribution < -0.4 is 20.1 Å². The van der Waals surface area contributed by atoms with E-state index in [1.807, 2.05) is 0 Å². The van der Waals surface area contributed by atoms with E-state index in [9.17, 15) is 9.90 Å². The summed E-state index contributed by atoms with van der Waals surface area (Å²) in [6.07, 6.45) is 3.40. The fourth-order valence-corrected chi connectivity index (χ4v) is 3.42. The van der Waals surface area contributed by atoms with Crippen molar-refractivity contribution >= 4 is 16.9 Å². The van der Waals surface area contributed by atoms with E-state index >= 15 is 0 Å². The predicted molar refractivity (Wildman–Crippen MR) is 107 cm³/mol. The number of carbonyl (C=O) groups is 1. The van der Waals surface area contributed by atoms with E-state index in [4.69, 9.17) is 19.6 Å². The second-order valence-electron chi connectivity index (χ2n) is 7.05. The molecule has 11 nitrogen and oxygen atoms in total. The van der Waals surface area contributed by atoms with Crippen LogP contribution in [0.25, 0.3) is 16.9 Å². The number of rotatable bonds is 8. The Hall–Kier alpha value is -3.44. The van der Waals surface area contributed by atoms with Gasteiger partial charge in [0, 0.05) is 31.1 Å². The van der Waals surface area contributed by atoms with E-state index in [-0.39, 0.29) is 17.1 Å². The van der Waals surface area contributed by atoms with Crippen LogP contribution in [0.1, 0.15) is 16.9 Å². The number of H-pyrrole nitrogens is 1. The Balaban J connectivity index is 1.53. The molecule has 0 radical (unpaired) electrons. The average Bonchev–Trinajstić information content (AvgIpc) is 3.28. The normalized spacial score (nSPS) is 14.6. The fraction of sp³-hybridized carbons (Fsp3) is 0.400. The van der Waals surface area contributed by atoms with Gasteiger partial charge in [0.25, 0.3) is 0 Å². The first-order valence-electron chi connectivity index (χ1n) is 9.90. The number of nitrogens with one attached hydrogen (secondary N) is 2. The number of imidazole rings is 1. The summed E-state index contributed by atoms with van der Waals surface area (Å²) < 4.78 is 18.1. The van der Waals surface area contributed by atoms with Crippen LogP contribution in [0.15, 0.2) is 24.7 Å². The zero-order chi connectivity index (χ0) is 21.8. The third kappa shape index (κ3) is 4.52. The van der Waals surface area contributed by atoms with Crippen molar-refractivity contribution in [2.24, 2.45) is 0 Å². The lowest BCUT2D eigenvalue weighted by Gasteiger charge is -2.26. The van der Waals surface area contributed by atoms with E-state index in [1.165, 1.54) is 18.0 Å². The third-order valence-corrected chi connectivity index (χ3v) is 5.08. The fourth-order valence-electron chi connectivity index (χ4n) is 3.42. The summed E-state index contributed by atoms with van der Waals surface area (Å²) in [4.78, 5) is 24.3. The number of methoxy groups -OCH3 is 1. The number of hydrogen-bond donors (Lipinski definition) is 2. The van der Waals surface area contributed by atoms with Crippen LogP contribution in [-0.4, -0.2) is 77.0 Å². The number of fused-ring (bicyclic) bond motifs is 1. The molecule has 2 aromatic heterocycles. The van der Waals surface area contributed by atoms with Gasteiger partial charge in [0.05, 0.1) is 50.3 Å². The Morgan fingerprint density at radius 1 is 1.29 bits per heavy atom. The Labute approximate surface area is 177 Å². The lowest BCUT2D eigenvalue weighted by molar-refractivity contribution is -0.255. The van der Waals surface area contributed by atoms with Gasteiger partial charge in [0.2, 0.25) is 5.95 Å². The van der Waals surface area contributed by atoms with E-state index < -0.39 is 5.97 Å². The molecule has 1 fully saturated rings. The molecule has 31 heavy (non-hydrogen) atoms. The summed E-state index contributed by atoms with van der Waals surface area (Å²) >= 11 is 0. The number of carbonyl (C=O) groups excluding carboxylic acids is 1. The largest absolute Gasteiger partial charge is 0.543 e. The number of aromatic amines is 1. The van der Waals surface area contributed by atoms with Gasteiger partial charge < -0.3 is 29.1 Å². The van der Waals surface area contributed by atoms with Crippen LogP contribution >= 0.6 is 0 Å². The first kappa shape index (κ1) is 20.8. The number of aromatic carboxylic acids is 1. The highest BCUT2D eigenvalue weighted by Gasteiger charge is 2.13. The standard InChI is InChI=1S/C20H24N6O5/c1-29-16-9-13-14(10-17(16)31-6-2-3-25-4-7-30-8-5-25)23-12-26(18(13)21)20-22-11-15(24-20)19(27)28/h9-12,21H,2-8H2,1H3,(H,22,24)(H,27,28)/p-1. The average molecular weight is 427 g/mol. The molecule has 11 heteroatoms. The van der Waals surface area contributed by atoms with Crippen LogP contribution in [0.5, 0.6) is 11.5 Å². The van der Waals surface area contributed by atoms with Crippen molar-refractivity contribution in [1.29, 1.82) is 5.41 Å². The van der Waals surface area contributed by atoms with Crippen molar-refractivity contribution in [1.82, 2.24) is 24.4 Å². The summed E-state index contributed by atoms with van der Waals surface area (Å²) in [6.45, 7) is 4.88. The molecule has 3 aromatic rings. The van der Waals surface area contributed by atoms with Gasteiger partial charge >= 0.3 is 0 Å². The molecule has 1 aromatic carbocycles. The van der Waals surface area contributed by atoms with Crippen LogP contribution in [0.2, 0.25) is 0 Å². The summed E-state index contributed by atoms with van der Waals surface area (Å²) in [5, 5.41) is 20.0. The Morgan fingerprint density at radius 3 is 2.81 bits per heavy atom. The van der Waals surface area contributed by atoms with Gasteiger partial charge in [-0.05, 0) is 12.5 Å². The minimum absolute atomic E-state index is 0.0708. The van der Waals surface area contributed by atoms with Crippen LogP contribution in [-0.2, 0) is 4.74 Å². The molecule has 0 unspecified atom stereocenters. The highest BCUT2D eigenvalue weighted by molar-refractivity contribution is 5.83. The molecule has 2 N–H and O–H groups in total. The first-order chi connectivity index (χ1) is 15.1. The molecule has 0 atom stereocenters. The highest BCUT2D eigenvalue weighted by atomic mass is 16.5. The molecule has 0 spiro atoms. The van der Waals surface area contributed by atoms with Crippen molar-refractivity contribution in [3.63, 3.8) is 0 Å². The molecule has 1 saturated heterocycles. The smallest absolute Gasteiger partial charge is 0.214 e. The monoisotopic (exact) mass is 427 g/mol. The number of aromatic nitrogens is 4. The van der Waals surface area contributed by atoms with Crippen molar-refractivity contribution in [3.05, 3.63) is 35.8 Å². The van der Waals surface area contributed by atoms with E-state index in [1.54, 1.807) is 12.1 Å². The molecule has 0 aliphatic carbocycles. The number of benzene rings is 1. The van der Waals surface area contributed by atoms with Gasteiger partial charge in [-0.3, -0.25) is 14.9 Å². The van der Waals surface area contributed by atoms with Gasteiger partial charge in [-0.15, -0.1) is 0 Å². The summed E-state index contributed by atoms with van der Waals surface area (Å²) in [5.74, 6) is -0.182. The molecule has 1 aliphatic rings. The molecule has 0 saturated carbocycles. The molecule has 1 aliphatic heterocycles. The summed E-state index contributed by atoms with van der Waals surface area (Å²) in [7, 11) is 1.54. The highest BCUT2D eigenvalue weighted by Crippen LogP contribution is 2.30. The van der Waals surface area contributed by atoms with Gasteiger partial charge in [-0.25, -0.2) is 9.97 Å². The first-order valence-corrected chi connectivity index (χ1v) is 9.90. The maximum Gasteiger partial charge on any atom is 0.214 e. The van der Waals surface area contributed by atoms with Crippen molar-refractivity contribution in [2.75, 3.05) is 46.6 Å². The molecule has 0 amide bonds. The Morgan fingerprint density at radius 2 is 2.10 bits per heavy atom. The lowest BCUT2D eigenvalue weighted by Crippen LogP contribution is -2.37. The van der Waals surface area contributed by atoms with Crippen molar-refractivity contribution in [3.8, 4) is 17.4 Å². The molecular weight excluding hydrogens is 404 g/mol. The minimum Gasteiger partial charge on any atom is -0.543 e. The third-order valence-electron chi connectivity index (χ3n) is 5.08. The minimum atomic E-state index is -1.38. The van der Waals surface area contributed by atoms with Crippen LogP contribution in [0.3, 0.4) is 0 Å².